The third-order valence-corrected chi connectivity index (χ3v) is 6.33. The quantitative estimate of drug-likeness (QED) is 0.389. The minimum atomic E-state index is -0.532. The van der Waals surface area contributed by atoms with Crippen molar-refractivity contribution >= 4 is 0 Å². The molecule has 3 aromatic rings. The second kappa shape index (κ2) is 8.70. The Labute approximate surface area is 192 Å². The number of hydrogen-bond acceptors (Lipinski definition) is 2. The van der Waals surface area contributed by atoms with Crippen molar-refractivity contribution in [2.24, 2.45) is 0 Å². The van der Waals surface area contributed by atoms with Gasteiger partial charge in [-0.05, 0) is 40.7 Å². The number of rotatable bonds is 6. The fraction of sp³-hybridized carbons (Fsp3) is 0.267. The molecule has 32 heavy (non-hydrogen) atoms. The summed E-state index contributed by atoms with van der Waals surface area (Å²) in [6.45, 7) is 6.65. The maximum atomic E-state index is 6.20. The van der Waals surface area contributed by atoms with Crippen molar-refractivity contribution in [3.8, 4) is 11.5 Å². The highest BCUT2D eigenvalue weighted by molar-refractivity contribution is 5.68. The van der Waals surface area contributed by atoms with E-state index >= 15 is 0 Å². The highest BCUT2D eigenvalue weighted by Crippen LogP contribution is 2.53. The molecule has 1 aliphatic carbocycles. The summed E-state index contributed by atoms with van der Waals surface area (Å²) in [6, 6.07) is 25.7. The van der Waals surface area contributed by atoms with Gasteiger partial charge in [-0.1, -0.05) is 99.7 Å². The summed E-state index contributed by atoms with van der Waals surface area (Å²) in [5.74, 6) is 1.75. The van der Waals surface area contributed by atoms with Crippen LogP contribution in [0.25, 0.3) is 0 Å². The molecular weight excluding hydrogens is 392 g/mol. The molecule has 0 aliphatic heterocycles. The van der Waals surface area contributed by atoms with Crippen LogP contribution in [-0.2, 0) is 10.8 Å². The fourth-order valence-electron chi connectivity index (χ4n) is 4.85. The third kappa shape index (κ3) is 3.64. The van der Waals surface area contributed by atoms with Gasteiger partial charge in [0.25, 0.3) is 0 Å². The van der Waals surface area contributed by atoms with Gasteiger partial charge in [0, 0.05) is 11.1 Å². The van der Waals surface area contributed by atoms with Crippen LogP contribution in [0.5, 0.6) is 11.5 Å². The van der Waals surface area contributed by atoms with Crippen molar-refractivity contribution in [3.63, 3.8) is 0 Å². The number of hydrogen-bond donors (Lipinski definition) is 0. The average molecular weight is 425 g/mol. The van der Waals surface area contributed by atoms with E-state index in [1.54, 1.807) is 14.2 Å². The second-order valence-corrected chi connectivity index (χ2v) is 9.29. The molecule has 0 atom stereocenters. The first-order valence-electron chi connectivity index (χ1n) is 11.2. The van der Waals surface area contributed by atoms with E-state index in [4.69, 9.17) is 9.47 Å². The number of methoxy groups -OCH3 is 2. The van der Waals surface area contributed by atoms with Crippen molar-refractivity contribution in [2.45, 2.75) is 38.0 Å². The molecule has 3 aromatic carbocycles. The Bertz CT molecular complexity index is 1090. The van der Waals surface area contributed by atoms with Crippen molar-refractivity contribution in [1.82, 2.24) is 0 Å². The van der Waals surface area contributed by atoms with E-state index in [0.717, 1.165) is 29.0 Å². The molecule has 0 bridgehead atoms. The largest absolute Gasteiger partial charge is 0.497 e. The topological polar surface area (TPSA) is 18.5 Å². The van der Waals surface area contributed by atoms with Crippen molar-refractivity contribution in [3.05, 3.63) is 119 Å². The number of benzene rings is 3. The summed E-state index contributed by atoms with van der Waals surface area (Å²) in [6.07, 6.45) is 7.74. The van der Waals surface area contributed by atoms with Gasteiger partial charge >= 0.3 is 0 Å². The molecule has 0 spiro atoms. The molecule has 0 N–H and O–H groups in total. The summed E-state index contributed by atoms with van der Waals surface area (Å²) in [5, 5.41) is 0. The van der Waals surface area contributed by atoms with Gasteiger partial charge in [-0.3, -0.25) is 0 Å². The average Bonchev–Trinajstić information content (AvgIpc) is 3.35. The Morgan fingerprint density at radius 1 is 0.719 bits per heavy atom. The van der Waals surface area contributed by atoms with Crippen LogP contribution in [0, 0.1) is 0 Å². The highest BCUT2D eigenvalue weighted by Gasteiger charge is 2.43. The van der Waals surface area contributed by atoms with Crippen LogP contribution >= 0.6 is 0 Å². The molecule has 164 valence electrons. The van der Waals surface area contributed by atoms with Crippen molar-refractivity contribution in [2.75, 3.05) is 14.2 Å². The van der Waals surface area contributed by atoms with Crippen molar-refractivity contribution in [1.29, 1.82) is 0 Å². The Morgan fingerprint density at radius 2 is 1.28 bits per heavy atom. The van der Waals surface area contributed by atoms with Gasteiger partial charge in [-0.15, -0.1) is 0 Å². The fourth-order valence-corrected chi connectivity index (χ4v) is 4.85. The molecule has 0 saturated carbocycles. The van der Waals surface area contributed by atoms with E-state index < -0.39 is 5.41 Å². The number of ether oxygens (including phenoxy) is 2. The molecule has 0 aromatic heterocycles. The molecule has 0 unspecified atom stereocenters. The van der Waals surface area contributed by atoms with Gasteiger partial charge in [-0.25, -0.2) is 0 Å². The smallest absolute Gasteiger partial charge is 0.127 e. The second-order valence-electron chi connectivity index (χ2n) is 9.29. The molecule has 0 saturated heterocycles. The van der Waals surface area contributed by atoms with Crippen LogP contribution in [0.1, 0.15) is 49.4 Å². The molecule has 1 aliphatic rings. The Morgan fingerprint density at radius 3 is 1.72 bits per heavy atom. The Hall–Kier alpha value is -3.26. The van der Waals surface area contributed by atoms with Gasteiger partial charge in [0.2, 0.25) is 0 Å². The lowest BCUT2D eigenvalue weighted by Gasteiger charge is -2.39. The summed E-state index contributed by atoms with van der Waals surface area (Å²) >= 11 is 0. The highest BCUT2D eigenvalue weighted by atomic mass is 16.5. The van der Waals surface area contributed by atoms with Gasteiger partial charge < -0.3 is 9.47 Å². The predicted molar refractivity (Wildman–Crippen MR) is 133 cm³/mol. The first-order chi connectivity index (χ1) is 15.4. The lowest BCUT2D eigenvalue weighted by atomic mass is 9.63. The van der Waals surface area contributed by atoms with E-state index in [0.29, 0.717) is 0 Å². The van der Waals surface area contributed by atoms with Crippen molar-refractivity contribution < 1.29 is 9.47 Å². The SMILES string of the molecule is COc1cc(C(C)(C)C)c(OC)c(C(C2=CCC=C2)(c2ccccc2)c2ccccc2)c1. The summed E-state index contributed by atoms with van der Waals surface area (Å²) < 4.78 is 12.0. The van der Waals surface area contributed by atoms with Crippen LogP contribution in [-0.4, -0.2) is 14.2 Å². The van der Waals surface area contributed by atoms with Crippen LogP contribution < -0.4 is 9.47 Å². The third-order valence-electron chi connectivity index (χ3n) is 6.33. The molecule has 4 rings (SSSR count). The minimum Gasteiger partial charge on any atom is -0.497 e. The Balaban J connectivity index is 2.21. The standard InChI is InChI=1S/C30H32O2/c1-29(2,3)26-20-25(31-4)21-27(28(26)32-5)30(24-18-12-13-19-24,22-14-8-6-9-15-22)23-16-10-7-11-17-23/h6-12,14-21H,13H2,1-5H3. The van der Waals surface area contributed by atoms with Gasteiger partial charge in [0.05, 0.1) is 19.6 Å². The maximum absolute atomic E-state index is 6.20. The number of allylic oxidation sites excluding steroid dienone is 4. The van der Waals surface area contributed by atoms with Gasteiger partial charge in [0.1, 0.15) is 11.5 Å². The summed E-state index contributed by atoms with van der Waals surface area (Å²) in [5.41, 5.74) is 5.24. The van der Waals surface area contributed by atoms with E-state index in [-0.39, 0.29) is 5.41 Å². The zero-order valence-corrected chi connectivity index (χ0v) is 19.7. The molecule has 0 heterocycles. The van der Waals surface area contributed by atoms with Gasteiger partial charge in [-0.2, -0.15) is 0 Å². The summed E-state index contributed by atoms with van der Waals surface area (Å²) in [4.78, 5) is 0. The molecule has 2 heteroatoms. The normalized spacial score (nSPS) is 13.7. The van der Waals surface area contributed by atoms with Gasteiger partial charge in [0.15, 0.2) is 0 Å². The zero-order chi connectivity index (χ0) is 22.8. The van der Waals surface area contributed by atoms with Crippen LogP contribution in [0.3, 0.4) is 0 Å². The van der Waals surface area contributed by atoms with Crippen LogP contribution in [0.15, 0.2) is 96.6 Å². The molecular formula is C30H32O2. The lowest BCUT2D eigenvalue weighted by molar-refractivity contribution is 0.378. The van der Waals surface area contributed by atoms with Crippen LogP contribution in [0.4, 0.5) is 0 Å². The van der Waals surface area contributed by atoms with E-state index in [1.165, 1.54) is 16.7 Å². The van der Waals surface area contributed by atoms with E-state index in [9.17, 15) is 0 Å². The molecule has 0 radical (unpaired) electrons. The van der Waals surface area contributed by atoms with E-state index in [2.05, 4.69) is 112 Å². The predicted octanol–water partition coefficient (Wildman–Crippen LogP) is 7.22. The zero-order valence-electron chi connectivity index (χ0n) is 19.7. The van der Waals surface area contributed by atoms with E-state index in [1.807, 2.05) is 0 Å². The minimum absolute atomic E-state index is 0.117. The van der Waals surface area contributed by atoms with Crippen LogP contribution in [0.2, 0.25) is 0 Å². The Kier molecular flexibility index (Phi) is 5.97. The first kappa shape index (κ1) is 22.0. The molecule has 0 fully saturated rings. The summed E-state index contributed by atoms with van der Waals surface area (Å²) in [7, 11) is 3.51. The lowest BCUT2D eigenvalue weighted by Crippen LogP contribution is -2.32. The first-order valence-corrected chi connectivity index (χ1v) is 11.2. The molecule has 0 amide bonds. The molecule has 2 nitrogen and oxygen atoms in total. The maximum Gasteiger partial charge on any atom is 0.127 e. The monoisotopic (exact) mass is 424 g/mol.